The number of ketones is 1. The molecule has 1 fully saturated rings. The minimum Gasteiger partial charge on any atom is -0.493 e. The average molecular weight is 389 g/mol. The summed E-state index contributed by atoms with van der Waals surface area (Å²) in [6.07, 6.45) is 3.33. The first-order chi connectivity index (χ1) is 12.5. The molecule has 1 aromatic heterocycles. The van der Waals surface area contributed by atoms with Gasteiger partial charge in [0, 0.05) is 11.6 Å². The molecule has 7 nitrogen and oxygen atoms in total. The van der Waals surface area contributed by atoms with Crippen LogP contribution in [0.1, 0.15) is 16.5 Å². The molecular weight excluding hydrogens is 374 g/mol. The summed E-state index contributed by atoms with van der Waals surface area (Å²) >= 11 is 2.50. The van der Waals surface area contributed by atoms with Crippen molar-refractivity contribution >= 4 is 45.9 Å². The molecule has 0 saturated carbocycles. The third-order valence-electron chi connectivity index (χ3n) is 3.54. The van der Waals surface area contributed by atoms with E-state index in [1.54, 1.807) is 35.9 Å². The summed E-state index contributed by atoms with van der Waals surface area (Å²) in [7, 11) is 1.48. The van der Waals surface area contributed by atoms with Crippen molar-refractivity contribution in [3.63, 3.8) is 0 Å². The number of carbonyl (C=O) groups is 2. The van der Waals surface area contributed by atoms with E-state index in [-0.39, 0.29) is 17.4 Å². The van der Waals surface area contributed by atoms with Crippen LogP contribution in [0.15, 0.2) is 34.7 Å². The SMILES string of the molecule is COc1cc(/C=C2\SC(=N)[C@@H](c3nccs3)C2=O)ccc1OCC(N)=O. The van der Waals surface area contributed by atoms with E-state index in [4.69, 9.17) is 20.6 Å². The van der Waals surface area contributed by atoms with Crippen LogP contribution in [-0.2, 0) is 9.59 Å². The van der Waals surface area contributed by atoms with E-state index in [1.165, 1.54) is 18.4 Å². The lowest BCUT2D eigenvalue weighted by Gasteiger charge is -2.10. The number of allylic oxidation sites excluding steroid dienone is 1. The molecule has 1 amide bonds. The Labute approximate surface area is 157 Å². The first-order valence-electron chi connectivity index (χ1n) is 7.50. The lowest BCUT2D eigenvalue weighted by Crippen LogP contribution is -2.20. The monoisotopic (exact) mass is 389 g/mol. The third kappa shape index (κ3) is 3.78. The van der Waals surface area contributed by atoms with Crippen molar-refractivity contribution in [2.24, 2.45) is 5.73 Å². The van der Waals surface area contributed by atoms with E-state index < -0.39 is 11.8 Å². The Bertz CT molecular complexity index is 893. The normalized spacial score (nSPS) is 18.3. The highest BCUT2D eigenvalue weighted by molar-refractivity contribution is 8.19. The number of hydrogen-bond acceptors (Lipinski definition) is 8. The van der Waals surface area contributed by atoms with Crippen LogP contribution in [0.4, 0.5) is 0 Å². The Balaban J connectivity index is 1.84. The Hall–Kier alpha value is -2.65. The zero-order valence-electron chi connectivity index (χ0n) is 13.7. The molecule has 3 rings (SSSR count). The number of methoxy groups -OCH3 is 1. The Morgan fingerprint density at radius 2 is 2.23 bits per heavy atom. The number of nitrogens with two attached hydrogens (primary N) is 1. The molecule has 2 heterocycles. The number of thiazole rings is 1. The number of primary amides is 1. The smallest absolute Gasteiger partial charge is 0.255 e. The number of thioether (sulfide) groups is 1. The first kappa shape index (κ1) is 18.2. The zero-order valence-corrected chi connectivity index (χ0v) is 15.4. The van der Waals surface area contributed by atoms with Crippen LogP contribution in [0.5, 0.6) is 11.5 Å². The van der Waals surface area contributed by atoms with Crippen LogP contribution >= 0.6 is 23.1 Å². The van der Waals surface area contributed by atoms with Crippen molar-refractivity contribution in [1.29, 1.82) is 5.41 Å². The number of hydrogen-bond donors (Lipinski definition) is 2. The molecule has 0 bridgehead atoms. The van der Waals surface area contributed by atoms with E-state index in [0.717, 1.165) is 17.3 Å². The van der Waals surface area contributed by atoms with Crippen LogP contribution in [0.25, 0.3) is 6.08 Å². The topological polar surface area (TPSA) is 115 Å². The molecule has 1 aliphatic rings. The van der Waals surface area contributed by atoms with Gasteiger partial charge in [-0.15, -0.1) is 11.3 Å². The second-order valence-electron chi connectivity index (χ2n) is 5.31. The molecule has 0 spiro atoms. The van der Waals surface area contributed by atoms with Gasteiger partial charge in [-0.2, -0.15) is 0 Å². The van der Waals surface area contributed by atoms with Crippen LogP contribution in [0, 0.1) is 5.41 Å². The van der Waals surface area contributed by atoms with E-state index >= 15 is 0 Å². The fourth-order valence-corrected chi connectivity index (χ4v) is 4.19. The minimum absolute atomic E-state index is 0.136. The predicted octanol–water partition coefficient (Wildman–Crippen LogP) is 2.43. The summed E-state index contributed by atoms with van der Waals surface area (Å²) in [5.74, 6) is -0.540. The van der Waals surface area contributed by atoms with Gasteiger partial charge in [0.05, 0.1) is 17.1 Å². The quantitative estimate of drug-likeness (QED) is 0.733. The maximum absolute atomic E-state index is 12.6. The summed E-state index contributed by atoms with van der Waals surface area (Å²) < 4.78 is 10.5. The van der Waals surface area contributed by atoms with Gasteiger partial charge in [0.25, 0.3) is 5.91 Å². The summed E-state index contributed by atoms with van der Waals surface area (Å²) in [5.41, 5.74) is 5.79. The van der Waals surface area contributed by atoms with E-state index in [1.807, 2.05) is 0 Å². The van der Waals surface area contributed by atoms with Crippen molar-refractivity contribution in [3.8, 4) is 11.5 Å². The van der Waals surface area contributed by atoms with Gasteiger partial charge >= 0.3 is 0 Å². The Morgan fingerprint density at radius 3 is 2.88 bits per heavy atom. The molecule has 1 saturated heterocycles. The molecule has 1 aliphatic heterocycles. The molecule has 0 unspecified atom stereocenters. The number of rotatable bonds is 6. The first-order valence-corrected chi connectivity index (χ1v) is 9.20. The summed E-state index contributed by atoms with van der Waals surface area (Å²) in [6, 6.07) is 5.07. The molecule has 3 N–H and O–H groups in total. The molecule has 0 aliphatic carbocycles. The van der Waals surface area contributed by atoms with Gasteiger partial charge in [-0.1, -0.05) is 17.8 Å². The maximum Gasteiger partial charge on any atom is 0.255 e. The van der Waals surface area contributed by atoms with Crippen LogP contribution < -0.4 is 15.2 Å². The van der Waals surface area contributed by atoms with Crippen molar-refractivity contribution in [1.82, 2.24) is 4.98 Å². The molecular formula is C17H15N3O4S2. The summed E-state index contributed by atoms with van der Waals surface area (Å²) in [6.45, 7) is -0.252. The van der Waals surface area contributed by atoms with Gasteiger partial charge in [0.1, 0.15) is 10.9 Å². The molecule has 0 radical (unpaired) electrons. The highest BCUT2D eigenvalue weighted by atomic mass is 32.2. The molecule has 2 aromatic rings. The van der Waals surface area contributed by atoms with Gasteiger partial charge in [0.15, 0.2) is 23.9 Å². The second kappa shape index (κ2) is 7.71. The Kier molecular flexibility index (Phi) is 5.38. The molecule has 9 heteroatoms. The van der Waals surface area contributed by atoms with Gasteiger partial charge in [-0.3, -0.25) is 15.0 Å². The average Bonchev–Trinajstić information content (AvgIpc) is 3.22. The van der Waals surface area contributed by atoms with Crippen molar-refractivity contribution in [2.45, 2.75) is 5.92 Å². The number of Topliss-reactive ketones (excluding diaryl/α,β-unsaturated/α-hetero) is 1. The molecule has 1 atom stereocenters. The largest absolute Gasteiger partial charge is 0.493 e. The van der Waals surface area contributed by atoms with Crippen molar-refractivity contribution in [3.05, 3.63) is 45.3 Å². The van der Waals surface area contributed by atoms with Crippen molar-refractivity contribution < 1.29 is 19.1 Å². The number of nitrogens with one attached hydrogen (secondary N) is 1. The second-order valence-corrected chi connectivity index (χ2v) is 7.32. The predicted molar refractivity (Wildman–Crippen MR) is 101 cm³/mol. The standard InChI is InChI=1S/C17H15N3O4S2/c1-23-11-6-9(2-3-10(11)24-8-13(18)21)7-12-15(22)14(16(19)26-12)17-20-4-5-25-17/h2-7,14,19H,8H2,1H3,(H2,18,21)/b12-7-,19-16?/t14-/m0/s1. The van der Waals surface area contributed by atoms with Gasteiger partial charge in [-0.25, -0.2) is 4.98 Å². The highest BCUT2D eigenvalue weighted by Gasteiger charge is 2.38. The lowest BCUT2D eigenvalue weighted by molar-refractivity contribution is -0.120. The van der Waals surface area contributed by atoms with E-state index in [2.05, 4.69) is 4.98 Å². The van der Waals surface area contributed by atoms with Gasteiger partial charge in [-0.05, 0) is 23.8 Å². The third-order valence-corrected chi connectivity index (χ3v) is 5.38. The number of benzene rings is 1. The maximum atomic E-state index is 12.6. The highest BCUT2D eigenvalue weighted by Crippen LogP contribution is 2.41. The number of carbonyl (C=O) groups excluding carboxylic acids is 2. The molecule has 134 valence electrons. The van der Waals surface area contributed by atoms with Gasteiger partial charge in [0.2, 0.25) is 0 Å². The number of amides is 1. The van der Waals surface area contributed by atoms with Crippen LogP contribution in [0.3, 0.4) is 0 Å². The van der Waals surface area contributed by atoms with E-state index in [9.17, 15) is 9.59 Å². The fraction of sp³-hybridized carbons (Fsp3) is 0.176. The number of aromatic nitrogens is 1. The molecule has 26 heavy (non-hydrogen) atoms. The zero-order chi connectivity index (χ0) is 18.7. The minimum atomic E-state index is -0.619. The fourth-order valence-electron chi connectivity index (χ4n) is 2.38. The number of nitrogens with zero attached hydrogens (tertiary/aromatic N) is 1. The van der Waals surface area contributed by atoms with Crippen LogP contribution in [0.2, 0.25) is 0 Å². The Morgan fingerprint density at radius 1 is 1.42 bits per heavy atom. The number of ether oxygens (including phenoxy) is 2. The van der Waals surface area contributed by atoms with E-state index in [0.29, 0.717) is 21.4 Å². The summed E-state index contributed by atoms with van der Waals surface area (Å²) in [5, 5.41) is 10.8. The van der Waals surface area contributed by atoms with Gasteiger partial charge < -0.3 is 15.2 Å². The van der Waals surface area contributed by atoms with Crippen molar-refractivity contribution in [2.75, 3.05) is 13.7 Å². The lowest BCUT2D eigenvalue weighted by atomic mass is 10.0. The molecule has 1 aromatic carbocycles. The van der Waals surface area contributed by atoms with Crippen LogP contribution in [-0.4, -0.2) is 35.4 Å². The summed E-state index contributed by atoms with van der Waals surface area (Å²) in [4.78, 5) is 28.1.